The van der Waals surface area contributed by atoms with E-state index in [0.717, 1.165) is 6.54 Å². The number of rotatable bonds is 3. The summed E-state index contributed by atoms with van der Waals surface area (Å²) >= 11 is 0. The molecule has 2 rings (SSSR count). The lowest BCUT2D eigenvalue weighted by Crippen LogP contribution is -2.28. The summed E-state index contributed by atoms with van der Waals surface area (Å²) in [4.78, 5) is 15.7. The molecule has 4 nitrogen and oxygen atoms in total. The Kier molecular flexibility index (Phi) is 5.22. The van der Waals surface area contributed by atoms with Gasteiger partial charge in [-0.05, 0) is 30.9 Å². The van der Waals surface area contributed by atoms with E-state index in [-0.39, 0.29) is 18.3 Å². The number of nitrogen functional groups attached to an aromatic ring is 1. The van der Waals surface area contributed by atoms with Gasteiger partial charge in [0.2, 0.25) is 0 Å². The molecule has 1 aromatic heterocycles. The number of nitrogens with one attached hydrogen (secondary N) is 1. The average Bonchev–Trinajstić information content (AvgIpc) is 2.80. The molecule has 1 heterocycles. The van der Waals surface area contributed by atoms with E-state index in [1.54, 1.807) is 12.1 Å². The highest BCUT2D eigenvalue weighted by atomic mass is 35.5. The highest BCUT2D eigenvalue weighted by Gasteiger charge is 2.16. The van der Waals surface area contributed by atoms with Crippen LogP contribution in [0.4, 0.5) is 5.69 Å². The molecule has 3 N–H and O–H groups in total. The van der Waals surface area contributed by atoms with Gasteiger partial charge in [0.05, 0.1) is 11.9 Å². The largest absolute Gasteiger partial charge is 0.397 e. The van der Waals surface area contributed by atoms with Crippen molar-refractivity contribution in [3.63, 3.8) is 0 Å². The SMILES string of the molecule is Cl.Nc1ccc(C(=O)NCC2CCCC2)nc1. The van der Waals surface area contributed by atoms with Crippen molar-refractivity contribution in [2.45, 2.75) is 25.7 Å². The van der Waals surface area contributed by atoms with Gasteiger partial charge in [0, 0.05) is 6.54 Å². The number of nitrogens with zero attached hydrogens (tertiary/aromatic N) is 1. The second-order valence-corrected chi connectivity index (χ2v) is 4.34. The van der Waals surface area contributed by atoms with Crippen LogP contribution in [-0.4, -0.2) is 17.4 Å². The fraction of sp³-hybridized carbons (Fsp3) is 0.500. The first-order valence-corrected chi connectivity index (χ1v) is 5.75. The van der Waals surface area contributed by atoms with Crippen LogP contribution in [0.25, 0.3) is 0 Å². The third-order valence-electron chi connectivity index (χ3n) is 3.05. The standard InChI is InChI=1S/C12H17N3O.ClH/c13-10-5-6-11(14-8-10)12(16)15-7-9-3-1-2-4-9;/h5-6,8-9H,1-4,7,13H2,(H,15,16);1H. The lowest BCUT2D eigenvalue weighted by atomic mass is 10.1. The van der Waals surface area contributed by atoms with Crippen molar-refractivity contribution >= 4 is 24.0 Å². The van der Waals surface area contributed by atoms with Crippen molar-refractivity contribution in [1.29, 1.82) is 0 Å². The summed E-state index contributed by atoms with van der Waals surface area (Å²) in [6.45, 7) is 0.769. The summed E-state index contributed by atoms with van der Waals surface area (Å²) in [5, 5.41) is 2.92. The minimum atomic E-state index is -0.105. The summed E-state index contributed by atoms with van der Waals surface area (Å²) < 4.78 is 0. The number of amides is 1. The molecule has 1 fully saturated rings. The Bertz CT molecular complexity index is 361. The molecule has 1 aliphatic carbocycles. The summed E-state index contributed by atoms with van der Waals surface area (Å²) in [7, 11) is 0. The van der Waals surface area contributed by atoms with Crippen molar-refractivity contribution in [2.75, 3.05) is 12.3 Å². The topological polar surface area (TPSA) is 68.0 Å². The van der Waals surface area contributed by atoms with Crippen LogP contribution in [-0.2, 0) is 0 Å². The zero-order chi connectivity index (χ0) is 11.4. The van der Waals surface area contributed by atoms with Gasteiger partial charge in [-0.15, -0.1) is 12.4 Å². The summed E-state index contributed by atoms with van der Waals surface area (Å²) in [5.41, 5.74) is 6.52. The molecule has 0 radical (unpaired) electrons. The minimum absolute atomic E-state index is 0. The van der Waals surface area contributed by atoms with E-state index in [4.69, 9.17) is 5.73 Å². The quantitative estimate of drug-likeness (QED) is 0.868. The first kappa shape index (κ1) is 13.8. The van der Waals surface area contributed by atoms with Gasteiger partial charge >= 0.3 is 0 Å². The molecule has 1 amide bonds. The Labute approximate surface area is 107 Å². The molecule has 1 aliphatic rings. The molecule has 1 saturated carbocycles. The zero-order valence-electron chi connectivity index (χ0n) is 9.69. The van der Waals surface area contributed by atoms with Crippen molar-refractivity contribution < 1.29 is 4.79 Å². The summed E-state index contributed by atoms with van der Waals surface area (Å²) in [5.74, 6) is 0.546. The van der Waals surface area contributed by atoms with Gasteiger partial charge in [-0.2, -0.15) is 0 Å². The molecule has 0 bridgehead atoms. The maximum absolute atomic E-state index is 11.7. The average molecular weight is 256 g/mol. The molecule has 94 valence electrons. The van der Waals surface area contributed by atoms with E-state index in [0.29, 0.717) is 17.3 Å². The Hall–Kier alpha value is -1.29. The molecule has 5 heteroatoms. The Morgan fingerprint density at radius 2 is 2.12 bits per heavy atom. The maximum Gasteiger partial charge on any atom is 0.269 e. The van der Waals surface area contributed by atoms with Crippen LogP contribution in [0.5, 0.6) is 0 Å². The maximum atomic E-state index is 11.7. The lowest BCUT2D eigenvalue weighted by molar-refractivity contribution is 0.0942. The number of carbonyl (C=O) groups excluding carboxylic acids is 1. The number of hydrogen-bond donors (Lipinski definition) is 2. The van der Waals surface area contributed by atoms with E-state index < -0.39 is 0 Å². The van der Waals surface area contributed by atoms with E-state index in [1.165, 1.54) is 31.9 Å². The molecule has 0 unspecified atom stereocenters. The van der Waals surface area contributed by atoms with Crippen molar-refractivity contribution in [3.05, 3.63) is 24.0 Å². The lowest BCUT2D eigenvalue weighted by Gasteiger charge is -2.10. The second kappa shape index (κ2) is 6.45. The monoisotopic (exact) mass is 255 g/mol. The number of hydrogen-bond acceptors (Lipinski definition) is 3. The first-order valence-electron chi connectivity index (χ1n) is 5.75. The Morgan fingerprint density at radius 1 is 1.41 bits per heavy atom. The van der Waals surface area contributed by atoms with Crippen LogP contribution < -0.4 is 11.1 Å². The van der Waals surface area contributed by atoms with Crippen LogP contribution in [0, 0.1) is 5.92 Å². The number of pyridine rings is 1. The van der Waals surface area contributed by atoms with Gasteiger partial charge in [-0.25, -0.2) is 4.98 Å². The van der Waals surface area contributed by atoms with Gasteiger partial charge in [0.1, 0.15) is 5.69 Å². The van der Waals surface area contributed by atoms with Crippen molar-refractivity contribution in [1.82, 2.24) is 10.3 Å². The number of carbonyl (C=O) groups is 1. The Balaban J connectivity index is 0.00000144. The van der Waals surface area contributed by atoms with Crippen LogP contribution >= 0.6 is 12.4 Å². The summed E-state index contributed by atoms with van der Waals surface area (Å²) in [6.07, 6.45) is 6.55. The molecular weight excluding hydrogens is 238 g/mol. The van der Waals surface area contributed by atoms with Crippen LogP contribution in [0.1, 0.15) is 36.2 Å². The van der Waals surface area contributed by atoms with Crippen molar-refractivity contribution in [3.8, 4) is 0 Å². The number of anilines is 1. The molecule has 0 aliphatic heterocycles. The van der Waals surface area contributed by atoms with Gasteiger partial charge < -0.3 is 11.1 Å². The Morgan fingerprint density at radius 3 is 2.71 bits per heavy atom. The van der Waals surface area contributed by atoms with E-state index in [9.17, 15) is 4.79 Å². The molecule has 0 spiro atoms. The van der Waals surface area contributed by atoms with Gasteiger partial charge in [-0.3, -0.25) is 4.79 Å². The van der Waals surface area contributed by atoms with Gasteiger partial charge in [-0.1, -0.05) is 12.8 Å². The molecule has 0 aromatic carbocycles. The van der Waals surface area contributed by atoms with E-state index in [1.807, 2.05) is 0 Å². The minimum Gasteiger partial charge on any atom is -0.397 e. The van der Waals surface area contributed by atoms with Crippen LogP contribution in [0.2, 0.25) is 0 Å². The van der Waals surface area contributed by atoms with Gasteiger partial charge in [0.15, 0.2) is 0 Å². The molecule has 1 aromatic rings. The fourth-order valence-electron chi connectivity index (χ4n) is 2.08. The third-order valence-corrected chi connectivity index (χ3v) is 3.05. The predicted molar refractivity (Wildman–Crippen MR) is 70.2 cm³/mol. The number of nitrogens with two attached hydrogens (primary N) is 1. The molecule has 0 saturated heterocycles. The van der Waals surface area contributed by atoms with Gasteiger partial charge in [0.25, 0.3) is 5.91 Å². The molecule has 0 atom stereocenters. The highest BCUT2D eigenvalue weighted by molar-refractivity contribution is 5.92. The van der Waals surface area contributed by atoms with Crippen LogP contribution in [0.15, 0.2) is 18.3 Å². The number of halogens is 1. The normalized spacial score (nSPS) is 15.3. The predicted octanol–water partition coefficient (Wildman–Crippen LogP) is 2.01. The smallest absolute Gasteiger partial charge is 0.269 e. The fourth-order valence-corrected chi connectivity index (χ4v) is 2.08. The zero-order valence-corrected chi connectivity index (χ0v) is 10.5. The second-order valence-electron chi connectivity index (χ2n) is 4.34. The van der Waals surface area contributed by atoms with E-state index >= 15 is 0 Å². The van der Waals surface area contributed by atoms with Crippen LogP contribution in [0.3, 0.4) is 0 Å². The van der Waals surface area contributed by atoms with Crippen molar-refractivity contribution in [2.24, 2.45) is 5.92 Å². The molecule has 17 heavy (non-hydrogen) atoms. The molecular formula is C12H18ClN3O. The third kappa shape index (κ3) is 3.89. The first-order chi connectivity index (χ1) is 7.75. The highest BCUT2D eigenvalue weighted by Crippen LogP contribution is 2.23. The number of aromatic nitrogens is 1. The van der Waals surface area contributed by atoms with E-state index in [2.05, 4.69) is 10.3 Å². The summed E-state index contributed by atoms with van der Waals surface area (Å²) in [6, 6.07) is 3.34.